The van der Waals surface area contributed by atoms with Gasteiger partial charge < -0.3 is 10.4 Å². The van der Waals surface area contributed by atoms with Crippen LogP contribution in [0.1, 0.15) is 6.42 Å². The molecule has 0 aliphatic rings. The summed E-state index contributed by atoms with van der Waals surface area (Å²) in [5.74, 6) is 0.554. The molecule has 0 heterocycles. The lowest BCUT2D eigenvalue weighted by Crippen LogP contribution is -2.33. The quantitative estimate of drug-likeness (QED) is 0.735. The Morgan fingerprint density at radius 2 is 2.20 bits per heavy atom. The predicted octanol–water partition coefficient (Wildman–Crippen LogP) is 1.17. The number of hydrogen-bond acceptors (Lipinski definition) is 3. The van der Waals surface area contributed by atoms with Crippen molar-refractivity contribution in [3.05, 3.63) is 30.1 Å². The van der Waals surface area contributed by atoms with Gasteiger partial charge in [-0.3, -0.25) is 14.5 Å². The van der Waals surface area contributed by atoms with Gasteiger partial charge in [-0.2, -0.15) is 0 Å². The maximum Gasteiger partial charge on any atom is 0.317 e. The van der Waals surface area contributed by atoms with Gasteiger partial charge in [0.15, 0.2) is 0 Å². The predicted molar refractivity (Wildman–Crippen MR) is 72.6 cm³/mol. The van der Waals surface area contributed by atoms with E-state index < -0.39 is 11.8 Å². The number of aliphatic carboxylic acids is 1. The summed E-state index contributed by atoms with van der Waals surface area (Å²) in [7, 11) is 0. The fourth-order valence-electron chi connectivity index (χ4n) is 1.58. The number of benzene rings is 1. The Labute approximate surface area is 116 Å². The third-order valence-corrected chi connectivity index (χ3v) is 2.44. The number of anilines is 1. The molecule has 0 saturated carbocycles. The zero-order chi connectivity index (χ0) is 15.0. The second-order valence-electron chi connectivity index (χ2n) is 4.12. The lowest BCUT2D eigenvalue weighted by molar-refractivity contribution is -0.138. The molecule has 1 aromatic rings. The van der Waals surface area contributed by atoms with Gasteiger partial charge in [0.2, 0.25) is 5.91 Å². The number of carboxylic acids is 1. The molecular weight excluding hydrogens is 263 g/mol. The highest BCUT2D eigenvalue weighted by Gasteiger charge is 2.11. The van der Waals surface area contributed by atoms with E-state index in [1.807, 2.05) is 0 Å². The maximum absolute atomic E-state index is 12.9. The van der Waals surface area contributed by atoms with Crippen molar-refractivity contribution >= 4 is 17.6 Å². The van der Waals surface area contributed by atoms with Crippen molar-refractivity contribution in [2.75, 3.05) is 25.0 Å². The van der Waals surface area contributed by atoms with Crippen LogP contribution >= 0.6 is 0 Å². The SMILES string of the molecule is C#CCN(CCC(=O)Nc1cccc(F)c1)CC(=O)O. The summed E-state index contributed by atoms with van der Waals surface area (Å²) in [6, 6.07) is 5.53. The fraction of sp³-hybridized carbons (Fsp3) is 0.286. The molecule has 1 amide bonds. The van der Waals surface area contributed by atoms with Gasteiger partial charge in [0.1, 0.15) is 5.82 Å². The zero-order valence-electron chi connectivity index (χ0n) is 10.8. The third kappa shape index (κ3) is 5.98. The molecule has 1 rings (SSSR count). The Hall–Kier alpha value is -2.39. The van der Waals surface area contributed by atoms with Crippen molar-refractivity contribution in [2.45, 2.75) is 6.42 Å². The first kappa shape index (κ1) is 15.7. The van der Waals surface area contributed by atoms with Crippen molar-refractivity contribution in [1.82, 2.24) is 4.90 Å². The van der Waals surface area contributed by atoms with Crippen LogP contribution in [0.5, 0.6) is 0 Å². The van der Waals surface area contributed by atoms with Gasteiger partial charge >= 0.3 is 5.97 Å². The normalized spacial score (nSPS) is 10.1. The maximum atomic E-state index is 12.9. The molecule has 20 heavy (non-hydrogen) atoms. The van der Waals surface area contributed by atoms with Gasteiger partial charge in [-0.05, 0) is 18.2 Å². The largest absolute Gasteiger partial charge is 0.480 e. The van der Waals surface area contributed by atoms with E-state index in [1.54, 1.807) is 6.07 Å². The topological polar surface area (TPSA) is 69.6 Å². The van der Waals surface area contributed by atoms with Crippen LogP contribution in [-0.4, -0.2) is 41.5 Å². The van der Waals surface area contributed by atoms with Crippen LogP contribution in [0, 0.1) is 18.2 Å². The molecule has 0 spiro atoms. The van der Waals surface area contributed by atoms with Gasteiger partial charge in [-0.25, -0.2) is 4.39 Å². The van der Waals surface area contributed by atoms with E-state index in [4.69, 9.17) is 11.5 Å². The number of hydrogen-bond donors (Lipinski definition) is 2. The summed E-state index contributed by atoms with van der Waals surface area (Å²) in [5, 5.41) is 11.2. The molecule has 0 saturated heterocycles. The van der Waals surface area contributed by atoms with Gasteiger partial charge in [-0.1, -0.05) is 12.0 Å². The molecule has 5 nitrogen and oxygen atoms in total. The molecule has 0 unspecified atom stereocenters. The lowest BCUT2D eigenvalue weighted by atomic mass is 10.3. The molecule has 106 valence electrons. The molecule has 0 atom stereocenters. The Kier molecular flexibility index (Phi) is 6.20. The van der Waals surface area contributed by atoms with Crippen LogP contribution < -0.4 is 5.32 Å². The summed E-state index contributed by atoms with van der Waals surface area (Å²) in [5.41, 5.74) is 0.358. The number of halogens is 1. The van der Waals surface area contributed by atoms with Crippen molar-refractivity contribution in [1.29, 1.82) is 0 Å². The number of nitrogens with one attached hydrogen (secondary N) is 1. The van der Waals surface area contributed by atoms with Crippen LogP contribution in [0.4, 0.5) is 10.1 Å². The van der Waals surface area contributed by atoms with E-state index in [2.05, 4.69) is 11.2 Å². The molecule has 0 aliphatic heterocycles. The second kappa shape index (κ2) is 7.92. The van der Waals surface area contributed by atoms with E-state index >= 15 is 0 Å². The molecule has 1 aromatic carbocycles. The number of amides is 1. The summed E-state index contributed by atoms with van der Waals surface area (Å²) in [6.07, 6.45) is 5.20. The molecule has 6 heteroatoms. The first-order valence-corrected chi connectivity index (χ1v) is 5.94. The van der Waals surface area contributed by atoms with Gasteiger partial charge in [-0.15, -0.1) is 6.42 Å². The summed E-state index contributed by atoms with van der Waals surface area (Å²) in [6.45, 7) is 0.147. The minimum absolute atomic E-state index is 0.0749. The highest BCUT2D eigenvalue weighted by atomic mass is 19.1. The van der Waals surface area contributed by atoms with E-state index in [0.29, 0.717) is 5.69 Å². The number of carboxylic acid groups (broad SMARTS) is 1. The number of nitrogens with zero attached hydrogens (tertiary/aromatic N) is 1. The summed E-state index contributed by atoms with van der Waals surface area (Å²) < 4.78 is 12.9. The average molecular weight is 278 g/mol. The lowest BCUT2D eigenvalue weighted by Gasteiger charge is -2.16. The summed E-state index contributed by atoms with van der Waals surface area (Å²) in [4.78, 5) is 23.7. The standard InChI is InChI=1S/C14H15FN2O3/c1-2-7-17(10-14(19)20)8-6-13(18)16-12-5-3-4-11(15)9-12/h1,3-5,9H,6-8,10H2,(H,16,18)(H,19,20). The van der Waals surface area contributed by atoms with Crippen molar-refractivity contribution in [2.24, 2.45) is 0 Å². The number of carbonyl (C=O) groups is 2. The summed E-state index contributed by atoms with van der Waals surface area (Å²) >= 11 is 0. The Morgan fingerprint density at radius 1 is 1.45 bits per heavy atom. The number of carbonyl (C=O) groups excluding carboxylic acids is 1. The van der Waals surface area contributed by atoms with E-state index in [1.165, 1.54) is 23.1 Å². The zero-order valence-corrected chi connectivity index (χ0v) is 10.8. The van der Waals surface area contributed by atoms with E-state index in [9.17, 15) is 14.0 Å². The Morgan fingerprint density at radius 3 is 2.80 bits per heavy atom. The van der Waals surface area contributed by atoms with Crippen molar-refractivity contribution in [3.63, 3.8) is 0 Å². The molecule has 2 N–H and O–H groups in total. The highest BCUT2D eigenvalue weighted by molar-refractivity contribution is 5.90. The van der Waals surface area contributed by atoms with Crippen molar-refractivity contribution in [3.8, 4) is 12.3 Å². The highest BCUT2D eigenvalue weighted by Crippen LogP contribution is 2.09. The molecule has 0 radical (unpaired) electrons. The van der Waals surface area contributed by atoms with Gasteiger partial charge in [0.25, 0.3) is 0 Å². The number of rotatable bonds is 7. The Balaban J connectivity index is 2.45. The minimum atomic E-state index is -1.01. The van der Waals surface area contributed by atoms with Crippen LogP contribution in [0.2, 0.25) is 0 Å². The smallest absolute Gasteiger partial charge is 0.317 e. The van der Waals surface area contributed by atoms with Crippen molar-refractivity contribution < 1.29 is 19.1 Å². The molecule has 0 aliphatic carbocycles. The van der Waals surface area contributed by atoms with Crippen LogP contribution in [0.3, 0.4) is 0 Å². The van der Waals surface area contributed by atoms with Gasteiger partial charge in [0.05, 0.1) is 13.1 Å². The monoisotopic (exact) mass is 278 g/mol. The van der Waals surface area contributed by atoms with E-state index in [0.717, 1.165) is 0 Å². The molecular formula is C14H15FN2O3. The molecule has 0 aromatic heterocycles. The van der Waals surface area contributed by atoms with E-state index in [-0.39, 0.29) is 32.0 Å². The first-order valence-electron chi connectivity index (χ1n) is 5.94. The third-order valence-electron chi connectivity index (χ3n) is 2.44. The van der Waals surface area contributed by atoms with Crippen LogP contribution in [0.15, 0.2) is 24.3 Å². The minimum Gasteiger partial charge on any atom is -0.480 e. The van der Waals surface area contributed by atoms with Crippen LogP contribution in [0.25, 0.3) is 0 Å². The average Bonchev–Trinajstić information content (AvgIpc) is 2.35. The molecule has 0 fully saturated rings. The Bertz CT molecular complexity index is 525. The van der Waals surface area contributed by atoms with Crippen LogP contribution in [-0.2, 0) is 9.59 Å². The fourth-order valence-corrected chi connectivity index (χ4v) is 1.58. The second-order valence-corrected chi connectivity index (χ2v) is 4.12. The molecule has 0 bridgehead atoms. The van der Waals surface area contributed by atoms with Gasteiger partial charge in [0, 0.05) is 18.7 Å². The first-order chi connectivity index (χ1) is 9.51. The number of terminal acetylenes is 1.